The van der Waals surface area contributed by atoms with E-state index in [1.54, 1.807) is 6.07 Å². The summed E-state index contributed by atoms with van der Waals surface area (Å²) in [5.74, 6) is 0.304. The molecule has 6 heteroatoms. The van der Waals surface area contributed by atoms with Crippen LogP contribution in [0.3, 0.4) is 0 Å². The topological polar surface area (TPSA) is 66.9 Å². The number of nitrogens with one attached hydrogen (secondary N) is 2. The highest BCUT2D eigenvalue weighted by Gasteiger charge is 2.16. The molecule has 0 spiro atoms. The summed E-state index contributed by atoms with van der Waals surface area (Å²) in [7, 11) is 0. The minimum Gasteiger partial charge on any atom is -0.351 e. The van der Waals surface area contributed by atoms with E-state index in [0.717, 1.165) is 28.7 Å². The van der Waals surface area contributed by atoms with E-state index in [4.69, 9.17) is 0 Å². The predicted molar refractivity (Wildman–Crippen MR) is 99.4 cm³/mol. The Kier molecular flexibility index (Phi) is 5.45. The smallest absolute Gasteiger partial charge is 0.274 e. The van der Waals surface area contributed by atoms with Gasteiger partial charge in [0.25, 0.3) is 5.91 Å². The summed E-state index contributed by atoms with van der Waals surface area (Å²) in [5, 5.41) is 6.26. The number of benzene rings is 1. The van der Waals surface area contributed by atoms with Crippen molar-refractivity contribution in [3.8, 4) is 0 Å². The van der Waals surface area contributed by atoms with Crippen LogP contribution in [0.25, 0.3) is 0 Å². The first-order valence-electron chi connectivity index (χ1n) is 8.30. The van der Waals surface area contributed by atoms with Crippen LogP contribution in [0.2, 0.25) is 0 Å². The zero-order chi connectivity index (χ0) is 16.9. The summed E-state index contributed by atoms with van der Waals surface area (Å²) in [6.07, 6.45) is 6.04. The SMILES string of the molecule is Cc1cc(C(=O)Nc2ccccc2Br)nc(NC2CCCCC2)n1. The summed E-state index contributed by atoms with van der Waals surface area (Å²) >= 11 is 3.43. The van der Waals surface area contributed by atoms with Crippen molar-refractivity contribution >= 4 is 33.5 Å². The van der Waals surface area contributed by atoms with Gasteiger partial charge in [-0.2, -0.15) is 0 Å². The lowest BCUT2D eigenvalue weighted by atomic mass is 9.96. The molecule has 1 aromatic carbocycles. The monoisotopic (exact) mass is 388 g/mol. The number of carbonyl (C=O) groups excluding carboxylic acids is 1. The molecule has 1 heterocycles. The average molecular weight is 389 g/mol. The summed E-state index contributed by atoms with van der Waals surface area (Å²) in [5.41, 5.74) is 1.87. The molecule has 1 amide bonds. The predicted octanol–water partition coefficient (Wildman–Crippen LogP) is 4.54. The number of para-hydroxylation sites is 1. The molecule has 2 aromatic rings. The minimum absolute atomic E-state index is 0.237. The normalized spacial score (nSPS) is 15.1. The molecule has 0 saturated heterocycles. The Balaban J connectivity index is 1.75. The Morgan fingerprint density at radius 1 is 1.17 bits per heavy atom. The second-order valence-electron chi connectivity index (χ2n) is 6.13. The minimum atomic E-state index is -0.237. The number of aromatic nitrogens is 2. The Bertz CT molecular complexity index is 729. The molecule has 0 aliphatic heterocycles. The van der Waals surface area contributed by atoms with E-state index in [1.165, 1.54) is 19.3 Å². The van der Waals surface area contributed by atoms with Gasteiger partial charge in [-0.05, 0) is 53.9 Å². The van der Waals surface area contributed by atoms with Gasteiger partial charge in [0, 0.05) is 16.2 Å². The van der Waals surface area contributed by atoms with E-state index in [1.807, 2.05) is 31.2 Å². The van der Waals surface area contributed by atoms with Crippen molar-refractivity contribution in [2.45, 2.75) is 45.1 Å². The zero-order valence-electron chi connectivity index (χ0n) is 13.7. The molecule has 0 bridgehead atoms. The summed E-state index contributed by atoms with van der Waals surface area (Å²) < 4.78 is 0.838. The molecule has 0 unspecified atom stereocenters. The van der Waals surface area contributed by atoms with Crippen LogP contribution in [-0.2, 0) is 0 Å². The van der Waals surface area contributed by atoms with Crippen LogP contribution < -0.4 is 10.6 Å². The Morgan fingerprint density at radius 3 is 2.67 bits per heavy atom. The number of hydrogen-bond donors (Lipinski definition) is 2. The van der Waals surface area contributed by atoms with Gasteiger partial charge in [-0.1, -0.05) is 31.4 Å². The van der Waals surface area contributed by atoms with E-state index in [2.05, 4.69) is 36.5 Å². The fourth-order valence-electron chi connectivity index (χ4n) is 2.93. The maximum absolute atomic E-state index is 12.5. The van der Waals surface area contributed by atoms with Crippen LogP contribution in [0, 0.1) is 6.92 Å². The largest absolute Gasteiger partial charge is 0.351 e. The van der Waals surface area contributed by atoms with E-state index < -0.39 is 0 Å². The number of aryl methyl sites for hydroxylation is 1. The third-order valence-electron chi connectivity index (χ3n) is 4.15. The molecule has 0 atom stereocenters. The van der Waals surface area contributed by atoms with Gasteiger partial charge in [0.1, 0.15) is 5.69 Å². The number of halogens is 1. The molecular formula is C18H21BrN4O. The third-order valence-corrected chi connectivity index (χ3v) is 4.84. The van der Waals surface area contributed by atoms with Gasteiger partial charge in [-0.3, -0.25) is 4.79 Å². The highest BCUT2D eigenvalue weighted by Crippen LogP contribution is 2.23. The van der Waals surface area contributed by atoms with Gasteiger partial charge in [-0.25, -0.2) is 9.97 Å². The van der Waals surface area contributed by atoms with Crippen molar-refractivity contribution in [2.24, 2.45) is 0 Å². The van der Waals surface area contributed by atoms with E-state index in [9.17, 15) is 4.79 Å². The second kappa shape index (κ2) is 7.75. The first-order valence-corrected chi connectivity index (χ1v) is 9.09. The maximum Gasteiger partial charge on any atom is 0.274 e. The second-order valence-corrected chi connectivity index (χ2v) is 6.99. The van der Waals surface area contributed by atoms with Gasteiger partial charge in [-0.15, -0.1) is 0 Å². The van der Waals surface area contributed by atoms with Gasteiger partial charge in [0.05, 0.1) is 5.69 Å². The lowest BCUT2D eigenvalue weighted by Crippen LogP contribution is -2.24. The molecule has 126 valence electrons. The van der Waals surface area contributed by atoms with Crippen molar-refractivity contribution in [1.29, 1.82) is 0 Å². The number of carbonyl (C=O) groups is 1. The number of anilines is 2. The maximum atomic E-state index is 12.5. The third kappa shape index (κ3) is 4.32. The van der Waals surface area contributed by atoms with E-state index in [0.29, 0.717) is 17.7 Å². The quantitative estimate of drug-likeness (QED) is 0.806. The van der Waals surface area contributed by atoms with E-state index in [-0.39, 0.29) is 5.91 Å². The molecule has 2 N–H and O–H groups in total. The molecule has 1 fully saturated rings. The first kappa shape index (κ1) is 16.9. The molecular weight excluding hydrogens is 368 g/mol. The number of rotatable bonds is 4. The molecule has 0 radical (unpaired) electrons. The summed E-state index contributed by atoms with van der Waals surface area (Å²) in [4.78, 5) is 21.3. The van der Waals surface area contributed by atoms with Crippen LogP contribution in [0.4, 0.5) is 11.6 Å². The fraction of sp³-hybridized carbons (Fsp3) is 0.389. The molecule has 1 aromatic heterocycles. The zero-order valence-corrected chi connectivity index (χ0v) is 15.3. The average Bonchev–Trinajstić information content (AvgIpc) is 2.57. The standard InChI is InChI=1S/C18H21BrN4O/c1-12-11-16(17(24)22-15-10-6-5-9-14(15)19)23-18(20-12)21-13-7-3-2-4-8-13/h5-6,9-11,13H,2-4,7-8H2,1H3,(H,22,24)(H,20,21,23). The van der Waals surface area contributed by atoms with Crippen molar-refractivity contribution in [2.75, 3.05) is 10.6 Å². The first-order chi connectivity index (χ1) is 11.6. The lowest BCUT2D eigenvalue weighted by Gasteiger charge is -2.23. The van der Waals surface area contributed by atoms with Crippen molar-refractivity contribution in [3.63, 3.8) is 0 Å². The van der Waals surface area contributed by atoms with Crippen molar-refractivity contribution < 1.29 is 4.79 Å². The van der Waals surface area contributed by atoms with Crippen LogP contribution in [0.1, 0.15) is 48.3 Å². The molecule has 5 nitrogen and oxygen atoms in total. The highest BCUT2D eigenvalue weighted by molar-refractivity contribution is 9.10. The van der Waals surface area contributed by atoms with Gasteiger partial charge in [0.2, 0.25) is 5.95 Å². The van der Waals surface area contributed by atoms with Gasteiger partial charge < -0.3 is 10.6 Å². The Labute approximate surface area is 150 Å². The Hall–Kier alpha value is -1.95. The van der Waals surface area contributed by atoms with E-state index >= 15 is 0 Å². The molecule has 3 rings (SSSR count). The summed E-state index contributed by atoms with van der Waals surface area (Å²) in [6, 6.07) is 9.62. The van der Waals surface area contributed by atoms with Crippen LogP contribution >= 0.6 is 15.9 Å². The fourth-order valence-corrected chi connectivity index (χ4v) is 3.31. The molecule has 1 saturated carbocycles. The molecule has 24 heavy (non-hydrogen) atoms. The highest BCUT2D eigenvalue weighted by atomic mass is 79.9. The van der Waals surface area contributed by atoms with Crippen LogP contribution in [0.15, 0.2) is 34.8 Å². The lowest BCUT2D eigenvalue weighted by molar-refractivity contribution is 0.102. The molecule has 1 aliphatic rings. The van der Waals surface area contributed by atoms with Crippen molar-refractivity contribution in [1.82, 2.24) is 9.97 Å². The molecule has 1 aliphatic carbocycles. The summed E-state index contributed by atoms with van der Waals surface area (Å²) in [6.45, 7) is 1.88. The van der Waals surface area contributed by atoms with Gasteiger partial charge in [0.15, 0.2) is 0 Å². The number of amides is 1. The van der Waals surface area contributed by atoms with Gasteiger partial charge >= 0.3 is 0 Å². The number of hydrogen-bond acceptors (Lipinski definition) is 4. The van der Waals surface area contributed by atoms with Crippen LogP contribution in [-0.4, -0.2) is 21.9 Å². The number of nitrogens with zero attached hydrogens (tertiary/aromatic N) is 2. The van der Waals surface area contributed by atoms with Crippen LogP contribution in [0.5, 0.6) is 0 Å². The Morgan fingerprint density at radius 2 is 1.92 bits per heavy atom. The van der Waals surface area contributed by atoms with Crippen molar-refractivity contribution in [3.05, 3.63) is 46.2 Å².